The van der Waals surface area contributed by atoms with Crippen LogP contribution in [0.25, 0.3) is 5.65 Å². The Labute approximate surface area is 345 Å². The first kappa shape index (κ1) is 46.6. The van der Waals surface area contributed by atoms with Crippen molar-refractivity contribution < 1.29 is 46.3 Å². The van der Waals surface area contributed by atoms with Gasteiger partial charge in [-0.2, -0.15) is 18.3 Å². The van der Waals surface area contributed by atoms with Crippen molar-refractivity contribution in [3.05, 3.63) is 116 Å². The number of alkyl halides is 4. The summed E-state index contributed by atoms with van der Waals surface area (Å²) < 4.78 is 59.2. The molecule has 0 saturated carbocycles. The molecule has 5 aromatic rings. The van der Waals surface area contributed by atoms with Crippen LogP contribution < -0.4 is 11.2 Å². The zero-order valence-corrected chi connectivity index (χ0v) is 35.9. The van der Waals surface area contributed by atoms with E-state index in [1.807, 2.05) is 84.0 Å². The molecule has 2 aromatic carbocycles. The molecule has 1 aliphatic heterocycles. The number of ether oxygens (including phenoxy) is 1. The standard InChI is InChI=1S/C17H25BO4.C8H7N3O2.C7H7BrClN.C6H4BrF3O/c1-15(2,14(19)20-7)12-9-8-10-13(11-12)18-21-16(3,4)17(5,6)22-18;1-5-7(8(12)13)11-6(10-5)3-2-4-9-11;8-6-2-1-5(4-10)7(9)3-6;7-3-4-1-2-5(11-4)6(8,9)10/h8-11H,1-7H3;2-4H,1H3,(H,12,13);1-3H,4,10H2;1-2H,3H2. The van der Waals surface area contributed by atoms with E-state index in [1.54, 1.807) is 19.1 Å². The molecule has 18 heteroatoms. The summed E-state index contributed by atoms with van der Waals surface area (Å²) in [6.45, 7) is 13.9. The number of rotatable bonds is 6. The van der Waals surface area contributed by atoms with Gasteiger partial charge in [-0.3, -0.25) is 4.79 Å². The van der Waals surface area contributed by atoms with E-state index in [0.717, 1.165) is 32.2 Å². The molecule has 0 amide bonds. The van der Waals surface area contributed by atoms with E-state index in [1.165, 1.54) is 23.9 Å². The fourth-order valence-corrected chi connectivity index (χ4v) is 6.01. The molecule has 6 rings (SSSR count). The number of furan rings is 1. The van der Waals surface area contributed by atoms with E-state index < -0.39 is 30.4 Å². The van der Waals surface area contributed by atoms with Gasteiger partial charge in [0, 0.05) is 22.2 Å². The SMILES string of the molecule is COC(=O)C(C)(C)c1cccc(B2OC(C)(C)C(C)(C)O2)c1.Cc1nc2cccnn2c1C(=O)O.FC(F)(F)c1ccc(CBr)o1.NCc1ccc(Br)cc1Cl. The Balaban J connectivity index is 0.000000212. The number of fused-ring (bicyclic) bond motifs is 1. The predicted molar refractivity (Wildman–Crippen MR) is 215 cm³/mol. The van der Waals surface area contributed by atoms with Crippen LogP contribution in [0.3, 0.4) is 0 Å². The molecule has 0 spiro atoms. The zero-order chi connectivity index (χ0) is 42.2. The van der Waals surface area contributed by atoms with Crippen molar-refractivity contribution in [2.75, 3.05) is 7.11 Å². The Morgan fingerprint density at radius 2 is 1.66 bits per heavy atom. The summed E-state index contributed by atoms with van der Waals surface area (Å²) in [5, 5.41) is 13.8. The lowest BCUT2D eigenvalue weighted by Gasteiger charge is -2.32. The molecule has 11 nitrogen and oxygen atoms in total. The van der Waals surface area contributed by atoms with Crippen LogP contribution in [-0.2, 0) is 42.3 Å². The topological polar surface area (TPSA) is 151 Å². The van der Waals surface area contributed by atoms with Crippen molar-refractivity contribution in [2.24, 2.45) is 5.73 Å². The van der Waals surface area contributed by atoms with Crippen molar-refractivity contribution in [1.82, 2.24) is 14.6 Å². The highest BCUT2D eigenvalue weighted by Crippen LogP contribution is 2.37. The lowest BCUT2D eigenvalue weighted by Crippen LogP contribution is -2.41. The van der Waals surface area contributed by atoms with Crippen molar-refractivity contribution in [2.45, 2.75) is 83.1 Å². The number of aryl methyl sites for hydroxylation is 1. The number of halogens is 6. The Morgan fingerprint density at radius 1 is 1.02 bits per heavy atom. The molecule has 0 unspecified atom stereocenters. The highest BCUT2D eigenvalue weighted by Gasteiger charge is 2.52. The van der Waals surface area contributed by atoms with Crippen molar-refractivity contribution >= 4 is 73.6 Å². The quantitative estimate of drug-likeness (QED) is 0.0960. The smallest absolute Gasteiger partial charge is 0.476 e. The molecule has 1 aliphatic rings. The Morgan fingerprint density at radius 3 is 2.16 bits per heavy atom. The van der Waals surface area contributed by atoms with Crippen molar-refractivity contribution in [3.8, 4) is 0 Å². The second-order valence-electron chi connectivity index (χ2n) is 13.8. The fourth-order valence-electron chi connectivity index (χ4n) is 4.96. The van der Waals surface area contributed by atoms with Crippen LogP contribution in [0.4, 0.5) is 13.2 Å². The molecule has 3 aromatic heterocycles. The van der Waals surface area contributed by atoms with Gasteiger partial charge in [0.2, 0.25) is 5.76 Å². The number of carboxylic acids is 1. The minimum Gasteiger partial charge on any atom is -0.476 e. The summed E-state index contributed by atoms with van der Waals surface area (Å²) >= 11 is 12.1. The van der Waals surface area contributed by atoms with E-state index in [2.05, 4.69) is 46.4 Å². The minimum absolute atomic E-state index is 0.121. The van der Waals surface area contributed by atoms with Gasteiger partial charge in [-0.15, -0.1) is 0 Å². The Bertz CT molecular complexity index is 2110. The fraction of sp³-hybridized carbons (Fsp3) is 0.368. The van der Waals surface area contributed by atoms with Gasteiger partial charge in [-0.1, -0.05) is 73.8 Å². The number of methoxy groups -OCH3 is 1. The highest BCUT2D eigenvalue weighted by atomic mass is 79.9. The lowest BCUT2D eigenvalue weighted by molar-refractivity contribution is -0.153. The number of esters is 1. The normalized spacial score (nSPS) is 14.4. The Kier molecular flexibility index (Phi) is 15.9. The first-order chi connectivity index (χ1) is 26.0. The maximum Gasteiger partial charge on any atom is 0.494 e. The molecule has 1 saturated heterocycles. The molecular weight excluding hydrogens is 888 g/mol. The van der Waals surface area contributed by atoms with Gasteiger partial charge in [0.25, 0.3) is 0 Å². The number of nitrogens with two attached hydrogens (primary N) is 1. The van der Waals surface area contributed by atoms with Crippen LogP contribution in [0.2, 0.25) is 5.02 Å². The first-order valence-corrected chi connectivity index (χ1v) is 19.2. The van der Waals surface area contributed by atoms with E-state index in [0.29, 0.717) is 23.2 Å². The van der Waals surface area contributed by atoms with Crippen LogP contribution in [0.1, 0.15) is 80.4 Å². The van der Waals surface area contributed by atoms with Crippen LogP contribution in [-0.4, -0.2) is 57.1 Å². The van der Waals surface area contributed by atoms with Crippen LogP contribution in [0.15, 0.2) is 81.8 Å². The Hall–Kier alpha value is -3.74. The third kappa shape index (κ3) is 11.7. The van der Waals surface area contributed by atoms with Gasteiger partial charge in [-0.05, 0) is 101 Å². The summed E-state index contributed by atoms with van der Waals surface area (Å²) in [5.41, 5.74) is 7.84. The zero-order valence-electron chi connectivity index (χ0n) is 32.0. The van der Waals surface area contributed by atoms with Gasteiger partial charge >= 0.3 is 25.2 Å². The highest BCUT2D eigenvalue weighted by molar-refractivity contribution is 9.10. The summed E-state index contributed by atoms with van der Waals surface area (Å²) in [5.74, 6) is -1.95. The first-order valence-electron chi connectivity index (χ1n) is 16.9. The van der Waals surface area contributed by atoms with Crippen molar-refractivity contribution in [1.29, 1.82) is 0 Å². The van der Waals surface area contributed by atoms with Crippen molar-refractivity contribution in [3.63, 3.8) is 0 Å². The van der Waals surface area contributed by atoms with Gasteiger partial charge in [0.1, 0.15) is 5.76 Å². The largest absolute Gasteiger partial charge is 0.494 e. The molecule has 0 bridgehead atoms. The lowest BCUT2D eigenvalue weighted by atomic mass is 9.75. The van der Waals surface area contributed by atoms with Gasteiger partial charge in [0.15, 0.2) is 11.3 Å². The molecular formula is C38H43BBr2ClF3N4O7. The van der Waals surface area contributed by atoms with E-state index in [4.69, 9.17) is 36.5 Å². The summed E-state index contributed by atoms with van der Waals surface area (Å²) in [4.78, 5) is 26.8. The maximum absolute atomic E-state index is 12.0. The van der Waals surface area contributed by atoms with E-state index >= 15 is 0 Å². The summed E-state index contributed by atoms with van der Waals surface area (Å²) in [7, 11) is 0.973. The summed E-state index contributed by atoms with van der Waals surface area (Å²) in [6.07, 6.45) is -2.85. The molecule has 56 heavy (non-hydrogen) atoms. The third-order valence-corrected chi connectivity index (χ3v) is 10.3. The van der Waals surface area contributed by atoms with E-state index in [9.17, 15) is 22.8 Å². The van der Waals surface area contributed by atoms with Gasteiger partial charge in [0.05, 0.1) is 34.8 Å². The van der Waals surface area contributed by atoms with Crippen LogP contribution in [0, 0.1) is 6.92 Å². The molecule has 302 valence electrons. The molecule has 0 atom stereocenters. The molecule has 3 N–H and O–H groups in total. The number of aromatic carboxylic acids is 1. The average Bonchev–Trinajstić information content (AvgIpc) is 3.81. The maximum atomic E-state index is 12.0. The second-order valence-corrected chi connectivity index (χ2v) is 15.7. The van der Waals surface area contributed by atoms with Gasteiger partial charge in [-0.25, -0.2) is 14.3 Å². The molecule has 0 aliphatic carbocycles. The number of hydrogen-bond donors (Lipinski definition) is 2. The summed E-state index contributed by atoms with van der Waals surface area (Å²) in [6, 6.07) is 19.1. The minimum atomic E-state index is -4.37. The molecule has 0 radical (unpaired) electrons. The van der Waals surface area contributed by atoms with Crippen LogP contribution in [0.5, 0.6) is 0 Å². The number of imidazole rings is 1. The van der Waals surface area contributed by atoms with Crippen LogP contribution >= 0.6 is 43.5 Å². The van der Waals surface area contributed by atoms with E-state index in [-0.39, 0.29) is 28.6 Å². The average molecular weight is 931 g/mol. The number of nitrogens with zero attached hydrogens (tertiary/aromatic N) is 3. The monoisotopic (exact) mass is 928 g/mol. The molecule has 1 fully saturated rings. The molecule has 4 heterocycles. The number of aromatic nitrogens is 3. The van der Waals surface area contributed by atoms with Gasteiger partial charge < -0.3 is 29.3 Å². The predicted octanol–water partition coefficient (Wildman–Crippen LogP) is 8.93. The number of carbonyl (C=O) groups excluding carboxylic acids is 1. The second kappa shape index (κ2) is 19.1. The number of benzene rings is 2. The number of carbonyl (C=O) groups is 2. The number of carboxylic acid groups (broad SMARTS) is 1. The third-order valence-electron chi connectivity index (χ3n) is 8.91. The number of hydrogen-bond acceptors (Lipinski definition) is 9.